The van der Waals surface area contributed by atoms with Crippen LogP contribution in [0.1, 0.15) is 38.5 Å². The fourth-order valence-corrected chi connectivity index (χ4v) is 4.66. The summed E-state index contributed by atoms with van der Waals surface area (Å²) in [6, 6.07) is 5.63. The Morgan fingerprint density at radius 1 is 1.36 bits per heavy atom. The number of carbonyl (C=O) groups is 1. The predicted molar refractivity (Wildman–Crippen MR) is 90.4 cm³/mol. The number of benzene rings is 1. The fraction of sp³-hybridized carbons (Fsp3) is 0.588. The minimum absolute atomic E-state index is 0.226. The van der Waals surface area contributed by atoms with E-state index < -0.39 is 0 Å². The third kappa shape index (κ3) is 3.19. The summed E-state index contributed by atoms with van der Waals surface area (Å²) in [6.45, 7) is 0.700. The van der Waals surface area contributed by atoms with Crippen molar-refractivity contribution in [3.05, 3.63) is 18.2 Å². The highest BCUT2D eigenvalue weighted by Gasteiger charge is 2.29. The zero-order valence-electron chi connectivity index (χ0n) is 13.0. The average Bonchev–Trinajstić information content (AvgIpc) is 2.86. The van der Waals surface area contributed by atoms with E-state index in [1.54, 1.807) is 17.8 Å². The van der Waals surface area contributed by atoms with Crippen LogP contribution in [0, 0.1) is 5.92 Å². The first-order chi connectivity index (χ1) is 10.7. The molecule has 1 aromatic rings. The van der Waals surface area contributed by atoms with Crippen LogP contribution in [-0.4, -0.2) is 30.0 Å². The van der Waals surface area contributed by atoms with Gasteiger partial charge in [-0.15, -0.1) is 0 Å². The van der Waals surface area contributed by atoms with Crippen molar-refractivity contribution >= 4 is 23.4 Å². The number of nitrogens with one attached hydrogen (secondary N) is 1. The van der Waals surface area contributed by atoms with Gasteiger partial charge in [-0.3, -0.25) is 4.79 Å². The molecule has 0 bridgehead atoms. The van der Waals surface area contributed by atoms with Crippen molar-refractivity contribution in [2.45, 2.75) is 48.8 Å². The van der Waals surface area contributed by atoms with Crippen LogP contribution in [0.4, 0.5) is 5.69 Å². The Hall–Kier alpha value is -1.36. The van der Waals surface area contributed by atoms with E-state index >= 15 is 0 Å². The molecule has 0 spiro atoms. The first kappa shape index (κ1) is 15.5. The third-order valence-electron chi connectivity index (χ3n) is 4.71. The first-order valence-electron chi connectivity index (χ1n) is 8.16. The van der Waals surface area contributed by atoms with Crippen LogP contribution in [0.15, 0.2) is 23.1 Å². The van der Waals surface area contributed by atoms with Gasteiger partial charge >= 0.3 is 0 Å². The molecule has 1 aliphatic heterocycles. The third-order valence-corrected chi connectivity index (χ3v) is 6.18. The second kappa shape index (κ2) is 6.82. The van der Waals surface area contributed by atoms with Crippen molar-refractivity contribution in [1.82, 2.24) is 5.32 Å². The van der Waals surface area contributed by atoms with Gasteiger partial charge in [0.1, 0.15) is 5.75 Å². The Morgan fingerprint density at radius 3 is 2.86 bits per heavy atom. The number of thioether (sulfide) groups is 1. The van der Waals surface area contributed by atoms with Crippen LogP contribution < -0.4 is 10.2 Å². The molecule has 4 nitrogen and oxygen atoms in total. The molecule has 5 heteroatoms. The number of hydrogen-bond donors (Lipinski definition) is 2. The maximum atomic E-state index is 12.2. The molecule has 1 amide bonds. The van der Waals surface area contributed by atoms with Crippen LogP contribution in [-0.2, 0) is 4.79 Å². The number of phenols is 1. The minimum Gasteiger partial charge on any atom is -0.507 e. The summed E-state index contributed by atoms with van der Waals surface area (Å²) >= 11 is 1.68. The summed E-state index contributed by atoms with van der Waals surface area (Å²) in [5.74, 6) is 0.803. The van der Waals surface area contributed by atoms with E-state index in [1.807, 2.05) is 19.2 Å². The zero-order valence-corrected chi connectivity index (χ0v) is 13.9. The van der Waals surface area contributed by atoms with E-state index in [2.05, 4.69) is 10.2 Å². The van der Waals surface area contributed by atoms with Gasteiger partial charge in [0.15, 0.2) is 0 Å². The normalized spacial score (nSPS) is 21.7. The predicted octanol–water partition coefficient (Wildman–Crippen LogP) is 3.35. The molecule has 0 aromatic heterocycles. The molecule has 1 atom stereocenters. The molecule has 0 radical (unpaired) electrons. The zero-order chi connectivity index (χ0) is 15.5. The highest BCUT2D eigenvalue weighted by Crippen LogP contribution is 2.47. The number of rotatable bonds is 4. The highest BCUT2D eigenvalue weighted by molar-refractivity contribution is 8.00. The average molecular weight is 320 g/mol. The second-order valence-corrected chi connectivity index (χ2v) is 7.41. The van der Waals surface area contributed by atoms with Crippen LogP contribution in [0.5, 0.6) is 5.75 Å². The van der Waals surface area contributed by atoms with E-state index in [0.29, 0.717) is 12.3 Å². The van der Waals surface area contributed by atoms with E-state index in [9.17, 15) is 9.90 Å². The highest BCUT2D eigenvalue weighted by atomic mass is 32.2. The summed E-state index contributed by atoms with van der Waals surface area (Å²) in [7, 11) is 2.05. The fourth-order valence-electron chi connectivity index (χ4n) is 3.36. The Balaban J connectivity index is 1.49. The van der Waals surface area contributed by atoms with Crippen LogP contribution in [0.3, 0.4) is 0 Å². The van der Waals surface area contributed by atoms with Crippen LogP contribution in [0.25, 0.3) is 0 Å². The molecule has 0 saturated heterocycles. The number of amides is 1. The van der Waals surface area contributed by atoms with Gasteiger partial charge in [-0.05, 0) is 31.4 Å². The molecule has 22 heavy (non-hydrogen) atoms. The first-order valence-corrected chi connectivity index (χ1v) is 9.04. The van der Waals surface area contributed by atoms with E-state index in [-0.39, 0.29) is 17.2 Å². The molecule has 2 aliphatic rings. The summed E-state index contributed by atoms with van der Waals surface area (Å²) in [5, 5.41) is 13.3. The number of nitrogens with zero attached hydrogens (tertiary/aromatic N) is 1. The van der Waals surface area contributed by atoms with Crippen LogP contribution >= 0.6 is 11.8 Å². The van der Waals surface area contributed by atoms with Gasteiger partial charge in [0.2, 0.25) is 5.91 Å². The molecule has 3 rings (SSSR count). The second-order valence-electron chi connectivity index (χ2n) is 6.22. The molecular weight excluding hydrogens is 296 g/mol. The molecule has 120 valence electrons. The number of anilines is 1. The molecule has 1 saturated carbocycles. The van der Waals surface area contributed by atoms with Crippen molar-refractivity contribution in [3.8, 4) is 5.75 Å². The topological polar surface area (TPSA) is 52.6 Å². The summed E-state index contributed by atoms with van der Waals surface area (Å²) in [6.07, 6.45) is 6.62. The summed E-state index contributed by atoms with van der Waals surface area (Å²) in [5.41, 5.74) is 1.08. The molecule has 2 N–H and O–H groups in total. The number of phenolic OH excluding ortho intramolecular Hbond substituents is 1. The standard InChI is InChI=1S/C17H24N2O2S/c1-19-13-8-5-9-14(20)16(13)22-15(19)10-11-18-17(21)12-6-3-2-4-7-12/h5,8-9,12,15,20H,2-4,6-7,10-11H2,1H3,(H,18,21). The van der Waals surface area contributed by atoms with Gasteiger partial charge in [-0.25, -0.2) is 0 Å². The van der Waals surface area contributed by atoms with Gasteiger partial charge in [0.25, 0.3) is 0 Å². The Bertz CT molecular complexity index is 543. The Kier molecular flexibility index (Phi) is 4.81. The SMILES string of the molecule is CN1c2cccc(O)c2SC1CCNC(=O)C1CCCCC1. The van der Waals surface area contributed by atoms with Gasteiger partial charge in [-0.1, -0.05) is 37.1 Å². The number of fused-ring (bicyclic) bond motifs is 1. The van der Waals surface area contributed by atoms with E-state index in [4.69, 9.17) is 0 Å². The number of carbonyl (C=O) groups excluding carboxylic acids is 1. The lowest BCUT2D eigenvalue weighted by atomic mass is 9.89. The quantitative estimate of drug-likeness (QED) is 0.893. The molecule has 1 aliphatic carbocycles. The van der Waals surface area contributed by atoms with Gasteiger partial charge < -0.3 is 15.3 Å². The van der Waals surface area contributed by atoms with Crippen molar-refractivity contribution < 1.29 is 9.90 Å². The maximum absolute atomic E-state index is 12.2. The Morgan fingerprint density at radius 2 is 2.14 bits per heavy atom. The van der Waals surface area contributed by atoms with E-state index in [0.717, 1.165) is 29.8 Å². The van der Waals surface area contributed by atoms with E-state index in [1.165, 1.54) is 19.3 Å². The lowest BCUT2D eigenvalue weighted by Gasteiger charge is -2.23. The summed E-state index contributed by atoms with van der Waals surface area (Å²) < 4.78 is 0. The smallest absolute Gasteiger partial charge is 0.223 e. The lowest BCUT2D eigenvalue weighted by molar-refractivity contribution is -0.125. The molecule has 1 aromatic carbocycles. The van der Waals surface area contributed by atoms with Crippen LogP contribution in [0.2, 0.25) is 0 Å². The monoisotopic (exact) mass is 320 g/mol. The van der Waals surface area contributed by atoms with Crippen molar-refractivity contribution in [2.24, 2.45) is 5.92 Å². The molecule has 1 fully saturated rings. The van der Waals surface area contributed by atoms with Crippen molar-refractivity contribution in [3.63, 3.8) is 0 Å². The van der Waals surface area contributed by atoms with Gasteiger partial charge in [0, 0.05) is 19.5 Å². The van der Waals surface area contributed by atoms with Gasteiger partial charge in [-0.2, -0.15) is 0 Å². The van der Waals surface area contributed by atoms with Gasteiger partial charge in [0.05, 0.1) is 16.0 Å². The number of aromatic hydroxyl groups is 1. The largest absolute Gasteiger partial charge is 0.507 e. The number of hydrogen-bond acceptors (Lipinski definition) is 4. The van der Waals surface area contributed by atoms with Crippen molar-refractivity contribution in [1.29, 1.82) is 0 Å². The lowest BCUT2D eigenvalue weighted by Crippen LogP contribution is -2.35. The Labute approximate surface area is 136 Å². The summed E-state index contributed by atoms with van der Waals surface area (Å²) in [4.78, 5) is 15.3. The molecule has 1 heterocycles. The molecule has 1 unspecified atom stereocenters. The maximum Gasteiger partial charge on any atom is 0.223 e. The van der Waals surface area contributed by atoms with Crippen molar-refractivity contribution in [2.75, 3.05) is 18.5 Å². The molecular formula is C17H24N2O2S. The minimum atomic E-state index is 0.226.